The summed E-state index contributed by atoms with van der Waals surface area (Å²) in [6, 6.07) is 14.8. The van der Waals surface area contributed by atoms with Gasteiger partial charge in [0, 0.05) is 15.6 Å². The van der Waals surface area contributed by atoms with E-state index < -0.39 is 17.9 Å². The summed E-state index contributed by atoms with van der Waals surface area (Å²) in [7, 11) is 0. The lowest BCUT2D eigenvalue weighted by atomic mass is 10.1. The van der Waals surface area contributed by atoms with E-state index in [1.807, 2.05) is 24.3 Å². The smallest absolute Gasteiger partial charge is 0.326 e. The minimum absolute atomic E-state index is 0.173. The van der Waals surface area contributed by atoms with Gasteiger partial charge >= 0.3 is 5.97 Å². The van der Waals surface area contributed by atoms with E-state index in [1.165, 1.54) is 0 Å². The SMILES string of the molecule is O=C(CNC(=O)c1ccccc1)N[C@H](Cc1ccccc1I)C(=O)O. The molecule has 6 nitrogen and oxygen atoms in total. The van der Waals surface area contributed by atoms with Crippen molar-refractivity contribution in [3.05, 3.63) is 69.3 Å². The highest BCUT2D eigenvalue weighted by Crippen LogP contribution is 2.13. The van der Waals surface area contributed by atoms with Crippen LogP contribution in [0.3, 0.4) is 0 Å². The van der Waals surface area contributed by atoms with Gasteiger partial charge in [0.05, 0.1) is 6.54 Å². The summed E-state index contributed by atoms with van der Waals surface area (Å²) in [6.07, 6.45) is 0.173. The van der Waals surface area contributed by atoms with Crippen LogP contribution < -0.4 is 10.6 Å². The Hall–Kier alpha value is -2.42. The number of amides is 2. The highest BCUT2D eigenvalue weighted by Gasteiger charge is 2.21. The fourth-order valence-electron chi connectivity index (χ4n) is 2.18. The maximum atomic E-state index is 12.0. The van der Waals surface area contributed by atoms with E-state index >= 15 is 0 Å². The Balaban J connectivity index is 1.91. The van der Waals surface area contributed by atoms with Crippen molar-refractivity contribution < 1.29 is 19.5 Å². The van der Waals surface area contributed by atoms with Crippen LogP contribution in [0.4, 0.5) is 0 Å². The molecule has 0 radical (unpaired) electrons. The molecule has 0 saturated carbocycles. The van der Waals surface area contributed by atoms with E-state index in [2.05, 4.69) is 33.2 Å². The van der Waals surface area contributed by atoms with E-state index in [4.69, 9.17) is 0 Å². The molecule has 0 aliphatic carbocycles. The number of benzene rings is 2. The number of rotatable bonds is 7. The molecule has 0 spiro atoms. The van der Waals surface area contributed by atoms with E-state index in [0.29, 0.717) is 5.56 Å². The summed E-state index contributed by atoms with van der Waals surface area (Å²) >= 11 is 2.12. The third-order valence-electron chi connectivity index (χ3n) is 3.46. The van der Waals surface area contributed by atoms with Gasteiger partial charge in [-0.05, 0) is 46.4 Å². The molecule has 2 rings (SSSR count). The molecular weight excluding hydrogens is 435 g/mol. The molecule has 2 aromatic rings. The lowest BCUT2D eigenvalue weighted by molar-refractivity contribution is -0.141. The number of carbonyl (C=O) groups is 3. The number of nitrogens with one attached hydrogen (secondary N) is 2. The number of hydrogen-bond acceptors (Lipinski definition) is 3. The number of carbonyl (C=O) groups excluding carboxylic acids is 2. The van der Waals surface area contributed by atoms with Gasteiger partial charge < -0.3 is 15.7 Å². The van der Waals surface area contributed by atoms with Gasteiger partial charge in [-0.2, -0.15) is 0 Å². The molecule has 3 N–H and O–H groups in total. The van der Waals surface area contributed by atoms with Crippen molar-refractivity contribution >= 4 is 40.4 Å². The summed E-state index contributed by atoms with van der Waals surface area (Å²) < 4.78 is 0.929. The average molecular weight is 452 g/mol. The summed E-state index contributed by atoms with van der Waals surface area (Å²) in [6.45, 7) is -0.288. The quantitative estimate of drug-likeness (QED) is 0.559. The van der Waals surface area contributed by atoms with Crippen molar-refractivity contribution in [3.8, 4) is 0 Å². The number of aliphatic carboxylic acids is 1. The third kappa shape index (κ3) is 5.86. The predicted octanol–water partition coefficient (Wildman–Crippen LogP) is 1.83. The molecule has 1 atom stereocenters. The molecule has 2 aromatic carbocycles. The largest absolute Gasteiger partial charge is 0.480 e. The Morgan fingerprint density at radius 1 is 1.00 bits per heavy atom. The second kappa shape index (κ2) is 9.16. The standard InChI is InChI=1S/C18H17IN2O4/c19-14-9-5-4-8-13(14)10-15(18(24)25)21-16(22)11-20-17(23)12-6-2-1-3-7-12/h1-9,15H,10-11H2,(H,20,23)(H,21,22)(H,24,25)/t15-/m1/s1. The summed E-state index contributed by atoms with van der Waals surface area (Å²) in [5.74, 6) is -2.06. The van der Waals surface area contributed by atoms with Gasteiger partial charge in [-0.3, -0.25) is 9.59 Å². The second-order valence-corrected chi connectivity index (χ2v) is 6.46. The molecule has 0 aliphatic rings. The molecule has 0 fully saturated rings. The maximum absolute atomic E-state index is 12.0. The lowest BCUT2D eigenvalue weighted by Crippen LogP contribution is -2.46. The monoisotopic (exact) mass is 452 g/mol. The van der Waals surface area contributed by atoms with Crippen LogP contribution in [-0.4, -0.2) is 35.5 Å². The van der Waals surface area contributed by atoms with Gasteiger partial charge in [-0.15, -0.1) is 0 Å². The number of halogens is 1. The number of hydrogen-bond donors (Lipinski definition) is 3. The van der Waals surface area contributed by atoms with Crippen molar-refractivity contribution in [2.45, 2.75) is 12.5 Å². The average Bonchev–Trinajstić information content (AvgIpc) is 2.61. The van der Waals surface area contributed by atoms with E-state index in [-0.39, 0.29) is 18.9 Å². The first-order chi connectivity index (χ1) is 12.0. The van der Waals surface area contributed by atoms with E-state index in [0.717, 1.165) is 9.13 Å². The number of carboxylic acids is 1. The maximum Gasteiger partial charge on any atom is 0.326 e. The fraction of sp³-hybridized carbons (Fsp3) is 0.167. The zero-order valence-corrected chi connectivity index (χ0v) is 15.4. The summed E-state index contributed by atoms with van der Waals surface area (Å²) in [5.41, 5.74) is 1.27. The third-order valence-corrected chi connectivity index (χ3v) is 4.51. The minimum atomic E-state index is -1.12. The molecule has 0 unspecified atom stereocenters. The molecule has 0 saturated heterocycles. The van der Waals surface area contributed by atoms with Crippen molar-refractivity contribution in [1.82, 2.24) is 10.6 Å². The predicted molar refractivity (Wildman–Crippen MR) is 101 cm³/mol. The van der Waals surface area contributed by atoms with Crippen LogP contribution in [0.2, 0.25) is 0 Å². The van der Waals surface area contributed by atoms with E-state index in [9.17, 15) is 19.5 Å². The van der Waals surface area contributed by atoms with Gasteiger partial charge in [0.25, 0.3) is 5.91 Å². The fourth-order valence-corrected chi connectivity index (χ4v) is 2.79. The molecule has 0 bridgehead atoms. The molecule has 7 heteroatoms. The zero-order chi connectivity index (χ0) is 18.2. The molecule has 0 aromatic heterocycles. The first kappa shape index (κ1) is 18.9. The van der Waals surface area contributed by atoms with Crippen LogP contribution in [0.15, 0.2) is 54.6 Å². The second-order valence-electron chi connectivity index (χ2n) is 5.30. The van der Waals surface area contributed by atoms with Crippen LogP contribution in [0.25, 0.3) is 0 Å². The van der Waals surface area contributed by atoms with Crippen molar-refractivity contribution in [1.29, 1.82) is 0 Å². The molecule has 130 valence electrons. The van der Waals surface area contributed by atoms with Crippen LogP contribution in [0.1, 0.15) is 15.9 Å². The zero-order valence-electron chi connectivity index (χ0n) is 13.2. The first-order valence-corrected chi connectivity index (χ1v) is 8.64. The molecule has 0 aliphatic heterocycles. The highest BCUT2D eigenvalue weighted by atomic mass is 127. The van der Waals surface area contributed by atoms with Crippen LogP contribution >= 0.6 is 22.6 Å². The molecular formula is C18H17IN2O4. The Kier molecular flexibility index (Phi) is 6.93. The van der Waals surface area contributed by atoms with Gasteiger partial charge in [-0.25, -0.2) is 4.79 Å². The Bertz CT molecular complexity index is 765. The minimum Gasteiger partial charge on any atom is -0.480 e. The number of carboxylic acid groups (broad SMARTS) is 1. The summed E-state index contributed by atoms with van der Waals surface area (Å²) in [5, 5.41) is 14.2. The van der Waals surface area contributed by atoms with Gasteiger partial charge in [0.2, 0.25) is 5.91 Å². The topological polar surface area (TPSA) is 95.5 Å². The van der Waals surface area contributed by atoms with Crippen molar-refractivity contribution in [3.63, 3.8) is 0 Å². The highest BCUT2D eigenvalue weighted by molar-refractivity contribution is 14.1. The van der Waals surface area contributed by atoms with Crippen LogP contribution in [-0.2, 0) is 16.0 Å². The Labute approximate surface area is 158 Å². The first-order valence-electron chi connectivity index (χ1n) is 7.56. The van der Waals surface area contributed by atoms with Gasteiger partial charge in [0.15, 0.2) is 0 Å². The molecule has 0 heterocycles. The lowest BCUT2D eigenvalue weighted by Gasteiger charge is -2.16. The van der Waals surface area contributed by atoms with Crippen LogP contribution in [0.5, 0.6) is 0 Å². The van der Waals surface area contributed by atoms with Crippen molar-refractivity contribution in [2.24, 2.45) is 0 Å². The van der Waals surface area contributed by atoms with Crippen LogP contribution in [0, 0.1) is 3.57 Å². The molecule has 2 amide bonds. The van der Waals surface area contributed by atoms with Crippen molar-refractivity contribution in [2.75, 3.05) is 6.54 Å². The summed E-state index contributed by atoms with van der Waals surface area (Å²) in [4.78, 5) is 35.3. The Morgan fingerprint density at radius 3 is 2.28 bits per heavy atom. The van der Waals surface area contributed by atoms with E-state index in [1.54, 1.807) is 30.3 Å². The molecule has 25 heavy (non-hydrogen) atoms. The van der Waals surface area contributed by atoms with Gasteiger partial charge in [0.1, 0.15) is 6.04 Å². The van der Waals surface area contributed by atoms with Gasteiger partial charge in [-0.1, -0.05) is 36.4 Å². The Morgan fingerprint density at radius 2 is 1.64 bits per heavy atom. The normalized spacial score (nSPS) is 11.4.